The molecule has 3 aromatic rings. The van der Waals surface area contributed by atoms with Gasteiger partial charge in [-0.2, -0.15) is 23.0 Å². The Hall–Kier alpha value is -3.47. The minimum Gasteiger partial charge on any atom is -0.399 e. The number of oxime groups is 1. The fourth-order valence-corrected chi connectivity index (χ4v) is 2.90. The molecule has 0 saturated carbocycles. The van der Waals surface area contributed by atoms with E-state index in [1.54, 1.807) is 19.1 Å². The number of alkyl halides is 3. The summed E-state index contributed by atoms with van der Waals surface area (Å²) < 4.78 is 40.4. The van der Waals surface area contributed by atoms with Gasteiger partial charge in [0, 0.05) is 22.3 Å². The zero-order valence-corrected chi connectivity index (χ0v) is 17.0. The second-order valence-corrected chi connectivity index (χ2v) is 6.75. The van der Waals surface area contributed by atoms with Crippen LogP contribution in [0.25, 0.3) is 5.82 Å². The highest BCUT2D eigenvalue weighted by Crippen LogP contribution is 2.32. The van der Waals surface area contributed by atoms with E-state index in [1.165, 1.54) is 30.5 Å². The van der Waals surface area contributed by atoms with Gasteiger partial charge in [-0.3, -0.25) is 4.79 Å². The highest BCUT2D eigenvalue weighted by Gasteiger charge is 2.32. The van der Waals surface area contributed by atoms with Crippen LogP contribution in [0.5, 0.6) is 0 Å². The van der Waals surface area contributed by atoms with Crippen molar-refractivity contribution < 1.29 is 22.8 Å². The zero-order chi connectivity index (χ0) is 22.6. The smallest absolute Gasteiger partial charge is 0.399 e. The van der Waals surface area contributed by atoms with Crippen molar-refractivity contribution in [3.8, 4) is 5.82 Å². The van der Waals surface area contributed by atoms with E-state index in [0.717, 1.165) is 18.2 Å². The quantitative estimate of drug-likeness (QED) is 0.453. The molecule has 0 radical (unpaired) electrons. The molecule has 0 aliphatic carbocycles. The van der Waals surface area contributed by atoms with Crippen LogP contribution < -0.4 is 5.32 Å². The molecule has 0 fully saturated rings. The van der Waals surface area contributed by atoms with Crippen molar-refractivity contribution in [3.05, 3.63) is 70.4 Å². The molecule has 12 heteroatoms. The van der Waals surface area contributed by atoms with Gasteiger partial charge >= 0.3 is 6.18 Å². The molecule has 1 aromatic carbocycles. The monoisotopic (exact) mass is 452 g/mol. The van der Waals surface area contributed by atoms with Gasteiger partial charge in [-0.25, -0.2) is 9.97 Å². The summed E-state index contributed by atoms with van der Waals surface area (Å²) >= 11 is 5.75. The topological polar surface area (TPSA) is 94.3 Å². The lowest BCUT2D eigenvalue weighted by molar-refractivity contribution is -0.137. The van der Waals surface area contributed by atoms with Crippen LogP contribution in [0.2, 0.25) is 5.02 Å². The molecule has 3 rings (SSSR count). The molecule has 8 nitrogen and oxygen atoms in total. The number of hydrogen-bond acceptors (Lipinski definition) is 6. The summed E-state index contributed by atoms with van der Waals surface area (Å²) in [5.74, 6) is 0.0108. The number of carbonyl (C=O) groups is 1. The van der Waals surface area contributed by atoms with Crippen LogP contribution in [0.4, 0.5) is 13.2 Å². The van der Waals surface area contributed by atoms with E-state index in [2.05, 4.69) is 30.4 Å². The van der Waals surface area contributed by atoms with Crippen molar-refractivity contribution >= 4 is 23.7 Å². The summed E-state index contributed by atoms with van der Waals surface area (Å²) in [4.78, 5) is 25.5. The van der Waals surface area contributed by atoms with E-state index in [4.69, 9.17) is 11.6 Å². The molecule has 0 aliphatic rings. The van der Waals surface area contributed by atoms with E-state index in [-0.39, 0.29) is 10.6 Å². The molecule has 1 amide bonds. The molecule has 0 saturated heterocycles. The minimum absolute atomic E-state index is 0.197. The van der Waals surface area contributed by atoms with E-state index < -0.39 is 23.7 Å². The standard InChI is InChI=1S/C19H16ClF3N6O2/c1-11(28-18(30)13-5-14(19(21,22)23)7-15(20)6-13)17-25-10-26-29(17)16-4-3-12(8-24-16)9-27-31-2/h3-11H,1-2H3,(H,28,30)/t11-/m0/s1. The SMILES string of the molecule is CON=Cc1ccc(-n2ncnc2[C@H](C)NC(=O)c2cc(Cl)cc(C(F)(F)F)c2)nc1. The molecule has 162 valence electrons. The van der Waals surface area contributed by atoms with Gasteiger partial charge in [0.1, 0.15) is 13.4 Å². The highest BCUT2D eigenvalue weighted by atomic mass is 35.5. The van der Waals surface area contributed by atoms with Gasteiger partial charge in [0.2, 0.25) is 0 Å². The molecule has 1 N–H and O–H groups in total. The molecular formula is C19H16ClF3N6O2. The Kier molecular flexibility index (Phi) is 6.54. The fourth-order valence-electron chi connectivity index (χ4n) is 2.66. The maximum Gasteiger partial charge on any atom is 0.416 e. The summed E-state index contributed by atoms with van der Waals surface area (Å²) in [7, 11) is 1.42. The number of pyridine rings is 1. The zero-order valence-electron chi connectivity index (χ0n) is 16.3. The van der Waals surface area contributed by atoms with Crippen molar-refractivity contribution in [1.29, 1.82) is 0 Å². The maximum atomic E-state index is 13.0. The second-order valence-electron chi connectivity index (χ2n) is 6.32. The van der Waals surface area contributed by atoms with Gasteiger partial charge in [-0.15, -0.1) is 0 Å². The second kappa shape index (κ2) is 9.13. The van der Waals surface area contributed by atoms with Crippen LogP contribution in [0.15, 0.2) is 48.0 Å². The van der Waals surface area contributed by atoms with Gasteiger partial charge in [0.25, 0.3) is 5.91 Å². The lowest BCUT2D eigenvalue weighted by Crippen LogP contribution is -2.29. The van der Waals surface area contributed by atoms with Crippen molar-refractivity contribution in [2.24, 2.45) is 5.16 Å². The third kappa shape index (κ3) is 5.37. The molecule has 0 bridgehead atoms. The Morgan fingerprint density at radius 3 is 2.71 bits per heavy atom. The molecule has 0 aliphatic heterocycles. The number of hydrogen-bond donors (Lipinski definition) is 1. The first-order chi connectivity index (χ1) is 14.7. The van der Waals surface area contributed by atoms with Gasteiger partial charge in [-0.05, 0) is 37.3 Å². The van der Waals surface area contributed by atoms with Crippen LogP contribution in [0, 0.1) is 0 Å². The van der Waals surface area contributed by atoms with Gasteiger partial charge in [0.05, 0.1) is 17.8 Å². The lowest BCUT2D eigenvalue weighted by Gasteiger charge is -2.15. The number of carbonyl (C=O) groups excluding carboxylic acids is 1. The summed E-state index contributed by atoms with van der Waals surface area (Å²) in [6, 6.07) is 5.34. The largest absolute Gasteiger partial charge is 0.416 e. The molecule has 0 unspecified atom stereocenters. The summed E-state index contributed by atoms with van der Waals surface area (Å²) in [5, 5.41) is 10.1. The van der Waals surface area contributed by atoms with Crippen LogP contribution in [0.3, 0.4) is 0 Å². The van der Waals surface area contributed by atoms with Crippen LogP contribution in [-0.4, -0.2) is 39.0 Å². The molecule has 2 heterocycles. The number of aromatic nitrogens is 4. The van der Waals surface area contributed by atoms with Crippen molar-refractivity contribution in [3.63, 3.8) is 0 Å². The first-order valence-corrected chi connectivity index (χ1v) is 9.18. The average molecular weight is 453 g/mol. The van der Waals surface area contributed by atoms with Crippen LogP contribution in [0.1, 0.15) is 40.3 Å². The number of benzene rings is 1. The van der Waals surface area contributed by atoms with Gasteiger partial charge in [-0.1, -0.05) is 16.8 Å². The first-order valence-electron chi connectivity index (χ1n) is 8.80. The normalized spacial score (nSPS) is 12.7. The maximum absolute atomic E-state index is 13.0. The summed E-state index contributed by atoms with van der Waals surface area (Å²) in [5.41, 5.74) is -0.546. The number of amides is 1. The molecule has 0 spiro atoms. The van der Waals surface area contributed by atoms with Gasteiger partial charge in [0.15, 0.2) is 11.6 Å². The Bertz CT molecular complexity index is 1100. The van der Waals surface area contributed by atoms with Crippen molar-refractivity contribution in [2.75, 3.05) is 7.11 Å². The fraction of sp³-hybridized carbons (Fsp3) is 0.211. The van der Waals surface area contributed by atoms with E-state index in [9.17, 15) is 18.0 Å². The minimum atomic E-state index is -4.63. The Morgan fingerprint density at radius 2 is 2.06 bits per heavy atom. The Balaban J connectivity index is 1.80. The first kappa shape index (κ1) is 22.2. The van der Waals surface area contributed by atoms with E-state index >= 15 is 0 Å². The highest BCUT2D eigenvalue weighted by molar-refractivity contribution is 6.31. The molecule has 2 aromatic heterocycles. The predicted octanol–water partition coefficient (Wildman–Crippen LogP) is 3.81. The van der Waals surface area contributed by atoms with Crippen LogP contribution in [-0.2, 0) is 11.0 Å². The van der Waals surface area contributed by atoms with E-state index in [1.807, 2.05) is 0 Å². The average Bonchev–Trinajstić information content (AvgIpc) is 3.21. The molecule has 1 atom stereocenters. The third-order valence-electron chi connectivity index (χ3n) is 4.09. The Labute approximate surface area is 179 Å². The van der Waals surface area contributed by atoms with Crippen molar-refractivity contribution in [2.45, 2.75) is 19.1 Å². The number of halogens is 4. The number of rotatable bonds is 6. The van der Waals surface area contributed by atoms with Crippen molar-refractivity contribution in [1.82, 2.24) is 25.1 Å². The van der Waals surface area contributed by atoms with Crippen LogP contribution >= 0.6 is 11.6 Å². The third-order valence-corrected chi connectivity index (χ3v) is 4.31. The predicted molar refractivity (Wildman–Crippen MR) is 106 cm³/mol. The summed E-state index contributed by atoms with van der Waals surface area (Å²) in [6.45, 7) is 1.62. The van der Waals surface area contributed by atoms with E-state index in [0.29, 0.717) is 17.2 Å². The summed E-state index contributed by atoms with van der Waals surface area (Å²) in [6.07, 6.45) is -0.335. The molecule has 31 heavy (non-hydrogen) atoms. The number of nitrogens with one attached hydrogen (secondary N) is 1. The molecular weight excluding hydrogens is 437 g/mol. The van der Waals surface area contributed by atoms with Gasteiger partial charge < -0.3 is 10.2 Å². The number of nitrogens with zero attached hydrogens (tertiary/aromatic N) is 5. The lowest BCUT2D eigenvalue weighted by atomic mass is 10.1. The Morgan fingerprint density at radius 1 is 1.29 bits per heavy atom.